The van der Waals surface area contributed by atoms with Crippen LogP contribution in [-0.4, -0.2) is 10.9 Å². The van der Waals surface area contributed by atoms with Gasteiger partial charge in [-0.1, -0.05) is 18.2 Å². The maximum Gasteiger partial charge on any atom is 0.258 e. The number of hydrogen-bond donors (Lipinski definition) is 1. The van der Waals surface area contributed by atoms with Crippen LogP contribution < -0.4 is 5.32 Å². The highest BCUT2D eigenvalue weighted by Gasteiger charge is 2.18. The lowest BCUT2D eigenvalue weighted by Crippen LogP contribution is -2.16. The Labute approximate surface area is 100 Å². The van der Waals surface area contributed by atoms with Gasteiger partial charge in [-0.2, -0.15) is 13.8 Å². The molecule has 92 valence electrons. The van der Waals surface area contributed by atoms with E-state index >= 15 is 0 Å². The summed E-state index contributed by atoms with van der Waals surface area (Å²) in [4.78, 5) is 14.3. The summed E-state index contributed by atoms with van der Waals surface area (Å²) in [7, 11) is 0. The molecule has 1 heterocycles. The summed E-state index contributed by atoms with van der Waals surface area (Å²) in [5.74, 6) is -5.33. The maximum absolute atomic E-state index is 13.3. The number of carbonyl (C=O) groups is 1. The second-order valence-corrected chi connectivity index (χ2v) is 3.42. The van der Waals surface area contributed by atoms with Gasteiger partial charge in [0.1, 0.15) is 0 Å². The third kappa shape index (κ3) is 2.48. The third-order valence-electron chi connectivity index (χ3n) is 2.16. The Balaban J connectivity index is 2.30. The first-order valence-electron chi connectivity index (χ1n) is 4.96. The van der Waals surface area contributed by atoms with Crippen LogP contribution in [0.3, 0.4) is 0 Å². The minimum absolute atomic E-state index is 0.388. The molecule has 0 radical (unpaired) electrons. The highest BCUT2D eigenvalue weighted by atomic mass is 19.2. The fraction of sp³-hybridized carbons (Fsp3) is 0. The number of halogens is 3. The van der Waals surface area contributed by atoms with Crippen molar-refractivity contribution < 1.29 is 18.0 Å². The minimum Gasteiger partial charge on any atom is -0.322 e. The van der Waals surface area contributed by atoms with Crippen LogP contribution in [0.5, 0.6) is 0 Å². The van der Waals surface area contributed by atoms with Crippen molar-refractivity contribution in [1.29, 1.82) is 0 Å². The molecule has 1 aromatic carbocycles. The van der Waals surface area contributed by atoms with Gasteiger partial charge in [0.05, 0.1) is 5.56 Å². The Morgan fingerprint density at radius 3 is 2.44 bits per heavy atom. The van der Waals surface area contributed by atoms with Crippen molar-refractivity contribution in [2.75, 3.05) is 5.32 Å². The molecule has 0 saturated carbocycles. The molecule has 0 aliphatic carbocycles. The lowest BCUT2D eigenvalue weighted by Gasteiger charge is -2.06. The van der Waals surface area contributed by atoms with Crippen LogP contribution in [0.15, 0.2) is 36.4 Å². The summed E-state index contributed by atoms with van der Waals surface area (Å²) >= 11 is 0. The van der Waals surface area contributed by atoms with Crippen molar-refractivity contribution in [3.05, 3.63) is 59.7 Å². The van der Waals surface area contributed by atoms with E-state index in [0.717, 1.165) is 0 Å². The van der Waals surface area contributed by atoms with Gasteiger partial charge in [0, 0.05) is 11.8 Å². The summed E-state index contributed by atoms with van der Waals surface area (Å²) in [5.41, 5.74) is -0.344. The zero-order valence-electron chi connectivity index (χ0n) is 8.95. The molecule has 0 bridgehead atoms. The first-order valence-corrected chi connectivity index (χ1v) is 4.96. The number of nitrogens with one attached hydrogen (secondary N) is 1. The number of benzene rings is 1. The molecule has 1 N–H and O–H groups in total. The number of hydrogen-bond acceptors (Lipinski definition) is 2. The van der Waals surface area contributed by atoms with Crippen LogP contribution in [0, 0.1) is 17.7 Å². The average molecular weight is 252 g/mol. The third-order valence-corrected chi connectivity index (χ3v) is 2.16. The second-order valence-electron chi connectivity index (χ2n) is 3.42. The first-order chi connectivity index (χ1) is 8.58. The SMILES string of the molecule is O=C(Nc1ccccc1)c1cc(F)nc(F)c1F. The van der Waals surface area contributed by atoms with Crippen LogP contribution >= 0.6 is 0 Å². The van der Waals surface area contributed by atoms with E-state index < -0.39 is 29.2 Å². The molecule has 6 heteroatoms. The Morgan fingerprint density at radius 1 is 1.11 bits per heavy atom. The van der Waals surface area contributed by atoms with E-state index in [1.165, 1.54) is 0 Å². The van der Waals surface area contributed by atoms with Crippen LogP contribution in [0.2, 0.25) is 0 Å². The highest BCUT2D eigenvalue weighted by Crippen LogP contribution is 2.14. The molecule has 2 aromatic rings. The average Bonchev–Trinajstić information content (AvgIpc) is 2.35. The summed E-state index contributed by atoms with van der Waals surface area (Å²) in [6.07, 6.45) is 0. The van der Waals surface area contributed by atoms with Crippen LogP contribution in [0.1, 0.15) is 10.4 Å². The molecule has 0 fully saturated rings. The molecule has 3 nitrogen and oxygen atoms in total. The largest absolute Gasteiger partial charge is 0.322 e. The van der Waals surface area contributed by atoms with Crippen molar-refractivity contribution in [2.24, 2.45) is 0 Å². The second kappa shape index (κ2) is 4.87. The molecular formula is C12H7F3N2O. The molecule has 0 spiro atoms. The van der Waals surface area contributed by atoms with E-state index in [2.05, 4.69) is 10.3 Å². The minimum atomic E-state index is -1.65. The lowest BCUT2D eigenvalue weighted by atomic mass is 10.2. The molecule has 1 aromatic heterocycles. The van der Waals surface area contributed by atoms with E-state index in [9.17, 15) is 18.0 Å². The molecule has 0 aliphatic rings. The number of aromatic nitrogens is 1. The molecule has 1 amide bonds. The van der Waals surface area contributed by atoms with Gasteiger partial charge >= 0.3 is 0 Å². The van der Waals surface area contributed by atoms with Gasteiger partial charge in [0.2, 0.25) is 5.95 Å². The predicted molar refractivity (Wildman–Crippen MR) is 58.5 cm³/mol. The lowest BCUT2D eigenvalue weighted by molar-refractivity contribution is 0.102. The zero-order chi connectivity index (χ0) is 13.1. The van der Waals surface area contributed by atoms with Gasteiger partial charge in [-0.3, -0.25) is 4.79 Å². The fourth-order valence-corrected chi connectivity index (χ4v) is 1.35. The fourth-order valence-electron chi connectivity index (χ4n) is 1.35. The van der Waals surface area contributed by atoms with Gasteiger partial charge in [0.25, 0.3) is 11.9 Å². The number of pyridine rings is 1. The van der Waals surface area contributed by atoms with Crippen molar-refractivity contribution in [2.45, 2.75) is 0 Å². The normalized spacial score (nSPS) is 10.2. The summed E-state index contributed by atoms with van der Waals surface area (Å²) in [6, 6.07) is 8.69. The zero-order valence-corrected chi connectivity index (χ0v) is 8.95. The van der Waals surface area contributed by atoms with Crippen LogP contribution in [-0.2, 0) is 0 Å². The van der Waals surface area contributed by atoms with Crippen molar-refractivity contribution >= 4 is 11.6 Å². The van der Waals surface area contributed by atoms with Gasteiger partial charge in [-0.05, 0) is 12.1 Å². The molecule has 0 saturated heterocycles. The Morgan fingerprint density at radius 2 is 1.78 bits per heavy atom. The predicted octanol–water partition coefficient (Wildman–Crippen LogP) is 2.75. The van der Waals surface area contributed by atoms with Gasteiger partial charge in [-0.15, -0.1) is 0 Å². The molecule has 0 aliphatic heterocycles. The number of carbonyl (C=O) groups excluding carboxylic acids is 1. The number of para-hydroxylation sites is 1. The Bertz CT molecular complexity index is 587. The molecule has 0 atom stereocenters. The number of rotatable bonds is 2. The standard InChI is InChI=1S/C12H7F3N2O/c13-9-6-8(10(14)11(15)17-9)12(18)16-7-4-2-1-3-5-7/h1-6H,(H,16,18). The van der Waals surface area contributed by atoms with E-state index in [-0.39, 0.29) is 0 Å². The monoisotopic (exact) mass is 252 g/mol. The number of nitrogens with zero attached hydrogens (tertiary/aromatic N) is 1. The van der Waals surface area contributed by atoms with E-state index in [0.29, 0.717) is 11.8 Å². The number of anilines is 1. The quantitative estimate of drug-likeness (QED) is 0.835. The smallest absolute Gasteiger partial charge is 0.258 e. The van der Waals surface area contributed by atoms with Gasteiger partial charge in [-0.25, -0.2) is 4.39 Å². The van der Waals surface area contributed by atoms with E-state index in [4.69, 9.17) is 0 Å². The maximum atomic E-state index is 13.3. The van der Waals surface area contributed by atoms with Gasteiger partial charge < -0.3 is 5.32 Å². The first kappa shape index (κ1) is 12.1. The summed E-state index contributed by atoms with van der Waals surface area (Å²) in [6.45, 7) is 0. The van der Waals surface area contributed by atoms with Crippen LogP contribution in [0.25, 0.3) is 0 Å². The van der Waals surface area contributed by atoms with E-state index in [1.54, 1.807) is 30.3 Å². The molecule has 0 unspecified atom stereocenters. The number of amides is 1. The summed E-state index contributed by atoms with van der Waals surface area (Å²) < 4.78 is 38.9. The summed E-state index contributed by atoms with van der Waals surface area (Å²) in [5, 5.41) is 2.31. The van der Waals surface area contributed by atoms with E-state index in [1.807, 2.05) is 0 Å². The van der Waals surface area contributed by atoms with Crippen molar-refractivity contribution in [3.63, 3.8) is 0 Å². The van der Waals surface area contributed by atoms with Crippen molar-refractivity contribution in [1.82, 2.24) is 4.98 Å². The van der Waals surface area contributed by atoms with Gasteiger partial charge in [0.15, 0.2) is 5.82 Å². The van der Waals surface area contributed by atoms with Crippen LogP contribution in [0.4, 0.5) is 18.9 Å². The Kier molecular flexibility index (Phi) is 3.27. The Hall–Kier alpha value is -2.37. The van der Waals surface area contributed by atoms with Crippen molar-refractivity contribution in [3.8, 4) is 0 Å². The topological polar surface area (TPSA) is 42.0 Å². The molecule has 18 heavy (non-hydrogen) atoms. The highest BCUT2D eigenvalue weighted by molar-refractivity contribution is 6.04. The molecule has 2 rings (SSSR count). The molecular weight excluding hydrogens is 245 g/mol.